The quantitative estimate of drug-likeness (QED) is 0.622. The predicted molar refractivity (Wildman–Crippen MR) is 70.3 cm³/mol. The fraction of sp³-hybridized carbons (Fsp3) is 0.846. The lowest BCUT2D eigenvalue weighted by Gasteiger charge is -2.35. The highest BCUT2D eigenvalue weighted by molar-refractivity contribution is 5.88. The summed E-state index contributed by atoms with van der Waals surface area (Å²) < 4.78 is 10.5. The van der Waals surface area contributed by atoms with Crippen molar-refractivity contribution in [3.8, 4) is 0 Å². The number of carbonyl (C=O) groups excluding carboxylic acids is 1. The molecule has 2 heterocycles. The fourth-order valence-corrected chi connectivity index (χ4v) is 2.72. The molecule has 2 saturated heterocycles. The molecule has 2 aliphatic heterocycles. The van der Waals surface area contributed by atoms with E-state index in [4.69, 9.17) is 9.47 Å². The van der Waals surface area contributed by atoms with Crippen molar-refractivity contribution >= 4 is 11.9 Å². The molecule has 0 aromatic carbocycles. The largest absolute Gasteiger partial charge is 0.480 e. The van der Waals surface area contributed by atoms with E-state index in [-0.39, 0.29) is 17.9 Å². The number of rotatable bonds is 5. The lowest BCUT2D eigenvalue weighted by Crippen LogP contribution is -2.60. The van der Waals surface area contributed by atoms with Crippen molar-refractivity contribution in [1.29, 1.82) is 0 Å². The second-order valence-electron chi connectivity index (χ2n) is 5.30. The number of nitrogens with one attached hydrogen (secondary N) is 2. The molecule has 0 saturated carbocycles. The van der Waals surface area contributed by atoms with Gasteiger partial charge in [-0.3, -0.25) is 4.79 Å². The molecule has 1 amide bonds. The van der Waals surface area contributed by atoms with E-state index in [1.807, 2.05) is 6.92 Å². The monoisotopic (exact) mass is 286 g/mol. The van der Waals surface area contributed by atoms with Gasteiger partial charge in [0.05, 0.1) is 19.1 Å². The summed E-state index contributed by atoms with van der Waals surface area (Å²) in [4.78, 5) is 23.9. The van der Waals surface area contributed by atoms with Gasteiger partial charge in [-0.05, 0) is 6.54 Å². The van der Waals surface area contributed by atoms with E-state index in [2.05, 4.69) is 10.6 Å². The van der Waals surface area contributed by atoms with Gasteiger partial charge in [0.2, 0.25) is 5.91 Å². The van der Waals surface area contributed by atoms with Crippen LogP contribution in [0, 0.1) is 5.92 Å². The first-order valence-corrected chi connectivity index (χ1v) is 7.03. The van der Waals surface area contributed by atoms with Crippen molar-refractivity contribution in [3.63, 3.8) is 0 Å². The van der Waals surface area contributed by atoms with Crippen LogP contribution in [0.15, 0.2) is 0 Å². The van der Waals surface area contributed by atoms with Gasteiger partial charge in [0.15, 0.2) is 0 Å². The predicted octanol–water partition coefficient (Wildman–Crippen LogP) is -0.639. The van der Waals surface area contributed by atoms with Gasteiger partial charge in [0.1, 0.15) is 5.54 Å². The number of hydrogen-bond acceptors (Lipinski definition) is 5. The Balaban J connectivity index is 2.03. The zero-order valence-electron chi connectivity index (χ0n) is 11.7. The number of carbonyl (C=O) groups is 2. The highest BCUT2D eigenvalue weighted by Gasteiger charge is 2.44. The molecule has 2 atom stereocenters. The van der Waals surface area contributed by atoms with Crippen LogP contribution in [0.2, 0.25) is 0 Å². The normalized spacial score (nSPS) is 29.1. The number of amides is 1. The summed E-state index contributed by atoms with van der Waals surface area (Å²) in [5.74, 6) is -1.58. The topological polar surface area (TPSA) is 96.9 Å². The smallest absolute Gasteiger partial charge is 0.329 e. The van der Waals surface area contributed by atoms with Crippen LogP contribution < -0.4 is 10.6 Å². The summed E-state index contributed by atoms with van der Waals surface area (Å²) in [6.45, 7) is 4.22. The maximum atomic E-state index is 12.4. The molecule has 7 heteroatoms. The molecule has 0 bridgehead atoms. The van der Waals surface area contributed by atoms with Gasteiger partial charge in [0, 0.05) is 32.1 Å². The molecule has 0 radical (unpaired) electrons. The van der Waals surface area contributed by atoms with E-state index < -0.39 is 11.5 Å². The molecule has 0 aromatic rings. The van der Waals surface area contributed by atoms with Gasteiger partial charge in [-0.1, -0.05) is 6.92 Å². The van der Waals surface area contributed by atoms with Crippen LogP contribution in [0.25, 0.3) is 0 Å². The molecule has 2 fully saturated rings. The van der Waals surface area contributed by atoms with E-state index >= 15 is 0 Å². The molecule has 114 valence electrons. The molecule has 0 spiro atoms. The van der Waals surface area contributed by atoms with E-state index in [1.165, 1.54) is 0 Å². The first kappa shape index (κ1) is 15.2. The SMILES string of the molecule is CCNC1COCC1C(=O)NC1(C(=O)O)CCOCC1. The summed E-state index contributed by atoms with van der Waals surface area (Å²) >= 11 is 0. The third-order valence-corrected chi connectivity index (χ3v) is 4.00. The summed E-state index contributed by atoms with van der Waals surface area (Å²) in [5, 5.41) is 15.4. The minimum absolute atomic E-state index is 0.0503. The Morgan fingerprint density at radius 2 is 1.95 bits per heavy atom. The van der Waals surface area contributed by atoms with Crippen LogP contribution in [-0.4, -0.2) is 61.5 Å². The van der Waals surface area contributed by atoms with Gasteiger partial charge in [0.25, 0.3) is 0 Å². The van der Waals surface area contributed by atoms with Gasteiger partial charge in [-0.15, -0.1) is 0 Å². The summed E-state index contributed by atoms with van der Waals surface area (Å²) in [6.07, 6.45) is 0.598. The Labute approximate surface area is 118 Å². The number of ether oxygens (including phenoxy) is 2. The minimum atomic E-state index is -1.20. The second-order valence-corrected chi connectivity index (χ2v) is 5.30. The molecular formula is C13H22N2O5. The van der Waals surface area contributed by atoms with Crippen LogP contribution in [-0.2, 0) is 19.1 Å². The van der Waals surface area contributed by atoms with E-state index in [0.717, 1.165) is 6.54 Å². The average Bonchev–Trinajstić information content (AvgIpc) is 2.88. The molecule has 20 heavy (non-hydrogen) atoms. The van der Waals surface area contributed by atoms with Gasteiger partial charge >= 0.3 is 5.97 Å². The number of aliphatic carboxylic acids is 1. The van der Waals surface area contributed by atoms with Crippen LogP contribution in [0.3, 0.4) is 0 Å². The number of carboxylic acids is 1. The first-order chi connectivity index (χ1) is 9.59. The number of carboxylic acid groups (broad SMARTS) is 1. The highest BCUT2D eigenvalue weighted by atomic mass is 16.5. The van der Waals surface area contributed by atoms with Crippen molar-refractivity contribution in [2.45, 2.75) is 31.3 Å². The lowest BCUT2D eigenvalue weighted by atomic mass is 9.88. The van der Waals surface area contributed by atoms with Gasteiger partial charge < -0.3 is 25.2 Å². The molecule has 2 unspecified atom stereocenters. The van der Waals surface area contributed by atoms with E-state index in [1.54, 1.807) is 0 Å². The summed E-state index contributed by atoms with van der Waals surface area (Å²) in [6, 6.07) is -0.0503. The van der Waals surface area contributed by atoms with Gasteiger partial charge in [-0.25, -0.2) is 4.79 Å². The molecule has 7 nitrogen and oxygen atoms in total. The summed E-state index contributed by atoms with van der Waals surface area (Å²) in [7, 11) is 0. The maximum Gasteiger partial charge on any atom is 0.329 e. The molecule has 3 N–H and O–H groups in total. The molecule has 2 rings (SSSR count). The maximum absolute atomic E-state index is 12.4. The Hall–Kier alpha value is -1.18. The first-order valence-electron chi connectivity index (χ1n) is 7.03. The van der Waals surface area contributed by atoms with Crippen molar-refractivity contribution in [2.24, 2.45) is 5.92 Å². The van der Waals surface area contributed by atoms with Crippen molar-refractivity contribution in [2.75, 3.05) is 33.0 Å². The third-order valence-electron chi connectivity index (χ3n) is 4.00. The van der Waals surface area contributed by atoms with Crippen molar-refractivity contribution in [3.05, 3.63) is 0 Å². The molecular weight excluding hydrogens is 264 g/mol. The van der Waals surface area contributed by atoms with Crippen LogP contribution >= 0.6 is 0 Å². The van der Waals surface area contributed by atoms with E-state index in [9.17, 15) is 14.7 Å². The lowest BCUT2D eigenvalue weighted by molar-refractivity contribution is -0.152. The Morgan fingerprint density at radius 3 is 2.55 bits per heavy atom. The fourth-order valence-electron chi connectivity index (χ4n) is 2.72. The van der Waals surface area contributed by atoms with Crippen LogP contribution in [0.5, 0.6) is 0 Å². The molecule has 0 aliphatic carbocycles. The standard InChI is InChI=1S/C13H22N2O5/c1-2-14-10-8-20-7-9(10)11(16)15-13(12(17)18)3-5-19-6-4-13/h9-10,14H,2-8H2,1H3,(H,15,16)(H,17,18). The van der Waals surface area contributed by atoms with Crippen LogP contribution in [0.4, 0.5) is 0 Å². The number of hydrogen-bond donors (Lipinski definition) is 3. The summed E-state index contributed by atoms with van der Waals surface area (Å²) in [5.41, 5.74) is -1.20. The van der Waals surface area contributed by atoms with E-state index in [0.29, 0.717) is 39.3 Å². The second kappa shape index (κ2) is 6.51. The van der Waals surface area contributed by atoms with Gasteiger partial charge in [-0.2, -0.15) is 0 Å². The Bertz CT molecular complexity index is 368. The Kier molecular flexibility index (Phi) is 4.95. The zero-order valence-corrected chi connectivity index (χ0v) is 11.7. The third kappa shape index (κ3) is 3.11. The highest BCUT2D eigenvalue weighted by Crippen LogP contribution is 2.23. The van der Waals surface area contributed by atoms with Crippen LogP contribution in [0.1, 0.15) is 19.8 Å². The van der Waals surface area contributed by atoms with Crippen molar-refractivity contribution < 1.29 is 24.2 Å². The Morgan fingerprint density at radius 1 is 1.25 bits per heavy atom. The van der Waals surface area contributed by atoms with Crippen molar-refractivity contribution in [1.82, 2.24) is 10.6 Å². The minimum Gasteiger partial charge on any atom is -0.480 e. The number of likely N-dealkylation sites (N-methyl/N-ethyl adjacent to an activating group) is 1. The molecule has 2 aliphatic rings. The average molecular weight is 286 g/mol. The zero-order chi connectivity index (χ0) is 14.6. The molecule has 0 aromatic heterocycles.